The van der Waals surface area contributed by atoms with E-state index >= 15 is 0 Å². The van der Waals surface area contributed by atoms with Gasteiger partial charge in [0.05, 0.1) is 16.8 Å². The smallest absolute Gasteiger partial charge is 0.145 e. The second-order valence-corrected chi connectivity index (χ2v) is 16.1. The van der Waals surface area contributed by atoms with Crippen LogP contribution in [0.5, 0.6) is 0 Å². The lowest BCUT2D eigenvalue weighted by Gasteiger charge is -2.28. The van der Waals surface area contributed by atoms with Crippen LogP contribution in [0.3, 0.4) is 0 Å². The first-order valence-electron chi connectivity index (χ1n) is 20.0. The third-order valence-corrected chi connectivity index (χ3v) is 12.8. The Morgan fingerprint density at radius 1 is 0.610 bits per heavy atom. The Morgan fingerprint density at radius 3 is 2.15 bits per heavy atom. The highest BCUT2D eigenvalue weighted by Gasteiger charge is 2.25. The highest BCUT2D eigenvalue weighted by Crippen LogP contribution is 2.48. The van der Waals surface area contributed by atoms with Crippen LogP contribution in [0.4, 0.5) is 11.4 Å². The number of anilines is 2. The Bertz CT molecular complexity index is 3230. The number of allylic oxidation sites excluding steroid dienone is 4. The normalized spacial score (nSPS) is 12.6. The van der Waals surface area contributed by atoms with Crippen LogP contribution in [-0.4, -0.2) is 0 Å². The number of hydrogen-bond acceptors (Lipinski definition) is 3. The van der Waals surface area contributed by atoms with Gasteiger partial charge < -0.3 is 9.32 Å². The largest absolute Gasteiger partial charge is 0.455 e. The van der Waals surface area contributed by atoms with E-state index in [0.717, 1.165) is 90.8 Å². The molecule has 2 heterocycles. The van der Waals surface area contributed by atoms with Crippen LogP contribution in [0.25, 0.3) is 82.6 Å². The molecular formula is C56H41NOS. The van der Waals surface area contributed by atoms with Gasteiger partial charge in [0.15, 0.2) is 0 Å². The molecule has 2 aromatic heterocycles. The summed E-state index contributed by atoms with van der Waals surface area (Å²) in [6, 6.07) is 51.6. The molecule has 0 N–H and O–H groups in total. The SMILES string of the molecule is C=Cc1ccc2c(c1C=C)C=C(C(=C)/C=C\C(=C)N(c1cccc3sc4ccccc4c13)c1ccc(-c3ccccc3)c3oc4cc(-c5ccccc5)ccc4c13)CC2. The van der Waals surface area contributed by atoms with Crippen molar-refractivity contribution in [3.8, 4) is 22.3 Å². The summed E-state index contributed by atoms with van der Waals surface area (Å²) in [4.78, 5) is 2.32. The molecule has 3 heteroatoms. The average molecular weight is 776 g/mol. The van der Waals surface area contributed by atoms with E-state index in [9.17, 15) is 0 Å². The third kappa shape index (κ3) is 6.28. The Hall–Kier alpha value is -7.20. The number of nitrogens with zero attached hydrogens (tertiary/aromatic N) is 1. The molecule has 1 aliphatic carbocycles. The Morgan fingerprint density at radius 2 is 1.36 bits per heavy atom. The van der Waals surface area contributed by atoms with E-state index in [0.29, 0.717) is 0 Å². The van der Waals surface area contributed by atoms with E-state index in [1.54, 1.807) is 0 Å². The van der Waals surface area contributed by atoms with Crippen molar-refractivity contribution < 1.29 is 4.42 Å². The maximum Gasteiger partial charge on any atom is 0.145 e. The fourth-order valence-corrected chi connectivity index (χ4v) is 9.85. The molecule has 0 radical (unpaired) electrons. The molecule has 0 atom stereocenters. The van der Waals surface area contributed by atoms with E-state index in [-0.39, 0.29) is 0 Å². The predicted molar refractivity (Wildman–Crippen MR) is 256 cm³/mol. The highest BCUT2D eigenvalue weighted by atomic mass is 32.1. The molecule has 9 aromatic rings. The molecule has 0 bridgehead atoms. The van der Waals surface area contributed by atoms with E-state index < -0.39 is 0 Å². The average Bonchev–Trinajstić information content (AvgIpc) is 3.87. The topological polar surface area (TPSA) is 16.4 Å². The number of hydrogen-bond donors (Lipinski definition) is 0. The van der Waals surface area contributed by atoms with Gasteiger partial charge in [0.2, 0.25) is 0 Å². The minimum absolute atomic E-state index is 0.815. The van der Waals surface area contributed by atoms with Crippen LogP contribution in [0, 0.1) is 0 Å². The molecule has 0 amide bonds. The van der Waals surface area contributed by atoms with E-state index in [1.165, 1.54) is 36.9 Å². The Labute approximate surface area is 349 Å². The van der Waals surface area contributed by atoms with Gasteiger partial charge in [-0.15, -0.1) is 11.3 Å². The number of rotatable bonds is 10. The molecule has 1 aliphatic rings. The van der Waals surface area contributed by atoms with Crippen LogP contribution in [0.2, 0.25) is 0 Å². The van der Waals surface area contributed by atoms with Gasteiger partial charge in [-0.1, -0.05) is 154 Å². The zero-order valence-electron chi connectivity index (χ0n) is 32.7. The quantitative estimate of drug-likeness (QED) is 0.129. The van der Waals surface area contributed by atoms with Crippen molar-refractivity contribution in [2.75, 3.05) is 4.90 Å². The summed E-state index contributed by atoms with van der Waals surface area (Å²) in [5.41, 5.74) is 15.8. The van der Waals surface area contributed by atoms with Crippen molar-refractivity contribution in [2.45, 2.75) is 12.8 Å². The van der Waals surface area contributed by atoms with E-state index in [2.05, 4.69) is 182 Å². The fraction of sp³-hybridized carbons (Fsp3) is 0.0357. The fourth-order valence-electron chi connectivity index (χ4n) is 8.72. The molecular weight excluding hydrogens is 735 g/mol. The first-order valence-corrected chi connectivity index (χ1v) is 20.8. The second-order valence-electron chi connectivity index (χ2n) is 15.0. The van der Waals surface area contributed by atoms with Gasteiger partial charge in [-0.3, -0.25) is 0 Å². The van der Waals surface area contributed by atoms with Gasteiger partial charge in [0.1, 0.15) is 11.2 Å². The summed E-state index contributed by atoms with van der Waals surface area (Å²) in [7, 11) is 0. The van der Waals surface area contributed by atoms with Gasteiger partial charge in [0.25, 0.3) is 0 Å². The summed E-state index contributed by atoms with van der Waals surface area (Å²) in [5, 5.41) is 4.50. The monoisotopic (exact) mass is 775 g/mol. The maximum absolute atomic E-state index is 6.98. The summed E-state index contributed by atoms with van der Waals surface area (Å²) in [6.45, 7) is 17.6. The number of aryl methyl sites for hydroxylation is 1. The molecule has 0 fully saturated rings. The number of thiophene rings is 1. The zero-order chi connectivity index (χ0) is 40.0. The molecule has 0 saturated heterocycles. The van der Waals surface area contributed by atoms with Gasteiger partial charge in [-0.05, 0) is 111 Å². The van der Waals surface area contributed by atoms with Crippen molar-refractivity contribution in [3.63, 3.8) is 0 Å². The van der Waals surface area contributed by atoms with Gasteiger partial charge in [0, 0.05) is 36.8 Å². The van der Waals surface area contributed by atoms with Crippen molar-refractivity contribution >= 4 is 83.1 Å². The summed E-state index contributed by atoms with van der Waals surface area (Å²) in [6.07, 6.45) is 12.2. The van der Waals surface area contributed by atoms with E-state index in [4.69, 9.17) is 11.0 Å². The van der Waals surface area contributed by atoms with Crippen molar-refractivity contribution in [1.29, 1.82) is 0 Å². The van der Waals surface area contributed by atoms with Crippen LogP contribution in [0.15, 0.2) is 205 Å². The van der Waals surface area contributed by atoms with Crippen LogP contribution in [0.1, 0.15) is 28.7 Å². The summed E-state index contributed by atoms with van der Waals surface area (Å²) in [5.74, 6) is 0. The molecule has 2 nitrogen and oxygen atoms in total. The van der Waals surface area contributed by atoms with Crippen LogP contribution < -0.4 is 4.90 Å². The van der Waals surface area contributed by atoms with Gasteiger partial charge in [-0.25, -0.2) is 0 Å². The molecule has 0 spiro atoms. The van der Waals surface area contributed by atoms with E-state index in [1.807, 2.05) is 29.6 Å². The molecule has 10 rings (SSSR count). The van der Waals surface area contributed by atoms with Crippen molar-refractivity contribution in [3.05, 3.63) is 223 Å². The summed E-state index contributed by atoms with van der Waals surface area (Å²) < 4.78 is 9.45. The molecule has 7 aromatic carbocycles. The number of furan rings is 1. The van der Waals surface area contributed by atoms with Gasteiger partial charge in [-0.2, -0.15) is 0 Å². The lowest BCUT2D eigenvalue weighted by Crippen LogP contribution is -2.15. The maximum atomic E-state index is 6.98. The first kappa shape index (κ1) is 36.2. The summed E-state index contributed by atoms with van der Waals surface area (Å²) >= 11 is 1.82. The Balaban J connectivity index is 1.17. The highest BCUT2D eigenvalue weighted by molar-refractivity contribution is 7.26. The predicted octanol–water partition coefficient (Wildman–Crippen LogP) is 16.4. The first-order chi connectivity index (χ1) is 29.0. The minimum atomic E-state index is 0.815. The second kappa shape index (κ2) is 14.9. The van der Waals surface area contributed by atoms with Crippen molar-refractivity contribution in [2.24, 2.45) is 0 Å². The zero-order valence-corrected chi connectivity index (χ0v) is 33.6. The standard InChI is InChI=1S/C56H41NOS/c1-5-38-26-27-41-28-29-42(34-48(41)44(38)6-2)36(3)24-25-37(4)57(49-21-15-23-53-54(49)47-20-13-14-22-52(47)59-53)50-33-32-45(40-18-11-8-12-19-40)56-55(50)46-31-30-43(35-51(46)58-56)39-16-9-7-10-17-39/h5-27,30-35H,1-4,28-29H2/b25-24-. The number of fused-ring (bicyclic) bond motifs is 7. The van der Waals surface area contributed by atoms with Gasteiger partial charge >= 0.3 is 0 Å². The molecule has 0 unspecified atom stereocenters. The minimum Gasteiger partial charge on any atom is -0.455 e. The molecule has 0 saturated carbocycles. The Kier molecular flexibility index (Phi) is 9.16. The molecule has 59 heavy (non-hydrogen) atoms. The lowest BCUT2D eigenvalue weighted by molar-refractivity contribution is 0.670. The lowest BCUT2D eigenvalue weighted by atomic mass is 9.84. The van der Waals surface area contributed by atoms with Crippen molar-refractivity contribution in [1.82, 2.24) is 0 Å². The third-order valence-electron chi connectivity index (χ3n) is 11.6. The van der Waals surface area contributed by atoms with Crippen LogP contribution >= 0.6 is 11.3 Å². The van der Waals surface area contributed by atoms with Crippen LogP contribution in [-0.2, 0) is 6.42 Å². The molecule has 0 aliphatic heterocycles. The molecule has 282 valence electrons. The number of benzene rings is 7.